The number of ether oxygens (including phenoxy) is 3. The van der Waals surface area contributed by atoms with E-state index in [0.717, 1.165) is 18.3 Å². The van der Waals surface area contributed by atoms with Crippen LogP contribution in [0.5, 0.6) is 11.5 Å². The molecule has 0 unspecified atom stereocenters. The van der Waals surface area contributed by atoms with Gasteiger partial charge >= 0.3 is 0 Å². The van der Waals surface area contributed by atoms with E-state index in [2.05, 4.69) is 12.0 Å². The monoisotopic (exact) mass is 280 g/mol. The molecule has 1 aliphatic rings. The molecule has 0 heterocycles. The molecule has 0 radical (unpaired) electrons. The smallest absolute Gasteiger partial charge is 0.140 e. The molecule has 19 heavy (non-hydrogen) atoms. The minimum atomic E-state index is 0.266. The van der Waals surface area contributed by atoms with Crippen LogP contribution in [0.15, 0.2) is 24.3 Å². The van der Waals surface area contributed by atoms with Gasteiger partial charge in [-0.2, -0.15) is 0 Å². The summed E-state index contributed by atoms with van der Waals surface area (Å²) in [5, 5.41) is 0. The number of benzene rings is 1. The van der Waals surface area contributed by atoms with Crippen molar-refractivity contribution in [2.75, 3.05) is 25.7 Å². The maximum atomic E-state index is 5.55. The van der Waals surface area contributed by atoms with Crippen LogP contribution in [0.1, 0.15) is 12.8 Å². The van der Waals surface area contributed by atoms with Crippen LogP contribution in [0, 0.1) is 17.9 Å². The van der Waals surface area contributed by atoms with Gasteiger partial charge in [0, 0.05) is 6.61 Å². The van der Waals surface area contributed by atoms with E-state index in [1.54, 1.807) is 0 Å². The van der Waals surface area contributed by atoms with Crippen molar-refractivity contribution in [1.82, 2.24) is 0 Å². The van der Waals surface area contributed by atoms with Crippen molar-refractivity contribution in [1.29, 1.82) is 0 Å². The highest BCUT2D eigenvalue weighted by Crippen LogP contribution is 2.28. The van der Waals surface area contributed by atoms with E-state index in [1.807, 2.05) is 24.3 Å². The third-order valence-electron chi connectivity index (χ3n) is 2.68. The Morgan fingerprint density at radius 2 is 1.84 bits per heavy atom. The predicted molar refractivity (Wildman–Crippen MR) is 74.6 cm³/mol. The summed E-state index contributed by atoms with van der Waals surface area (Å²) < 4.78 is 16.2. The van der Waals surface area contributed by atoms with E-state index in [1.165, 1.54) is 12.8 Å². The number of alkyl halides is 1. The Bertz CT molecular complexity index is 429. The number of hydrogen-bond acceptors (Lipinski definition) is 3. The van der Waals surface area contributed by atoms with Gasteiger partial charge in [0.15, 0.2) is 0 Å². The van der Waals surface area contributed by atoms with E-state index < -0.39 is 0 Å². The minimum Gasteiger partial charge on any atom is -0.491 e. The molecule has 0 saturated heterocycles. The Balaban J connectivity index is 1.63. The van der Waals surface area contributed by atoms with Gasteiger partial charge in [0.1, 0.15) is 24.2 Å². The molecule has 0 aromatic heterocycles. The first-order chi connectivity index (χ1) is 9.38. The zero-order valence-corrected chi connectivity index (χ0v) is 11.5. The Labute approximate surface area is 118 Å². The summed E-state index contributed by atoms with van der Waals surface area (Å²) in [6, 6.07) is 7.31. The normalized spacial score (nSPS) is 13.5. The van der Waals surface area contributed by atoms with Crippen molar-refractivity contribution in [2.24, 2.45) is 5.92 Å². The molecule has 0 amide bonds. The van der Waals surface area contributed by atoms with Crippen molar-refractivity contribution in [2.45, 2.75) is 12.8 Å². The lowest BCUT2D eigenvalue weighted by atomic mass is 10.3. The molecule has 1 aliphatic carbocycles. The van der Waals surface area contributed by atoms with E-state index in [4.69, 9.17) is 25.8 Å². The minimum absolute atomic E-state index is 0.266. The molecule has 1 aromatic rings. The van der Waals surface area contributed by atoms with Crippen LogP contribution in [0.3, 0.4) is 0 Å². The molecule has 0 spiro atoms. The fraction of sp³-hybridized carbons (Fsp3) is 0.467. The molecule has 0 aliphatic heterocycles. The van der Waals surface area contributed by atoms with Crippen LogP contribution < -0.4 is 9.47 Å². The van der Waals surface area contributed by atoms with E-state index in [0.29, 0.717) is 19.0 Å². The highest BCUT2D eigenvalue weighted by molar-refractivity contribution is 6.19. The zero-order valence-electron chi connectivity index (χ0n) is 10.7. The largest absolute Gasteiger partial charge is 0.491 e. The predicted octanol–water partition coefficient (Wildman–Crippen LogP) is 3.07. The number of halogens is 1. The first-order valence-corrected chi connectivity index (χ1v) is 6.93. The fourth-order valence-corrected chi connectivity index (χ4v) is 1.53. The first-order valence-electron chi connectivity index (χ1n) is 6.40. The molecule has 3 nitrogen and oxygen atoms in total. The zero-order chi connectivity index (χ0) is 13.3. The Hall–Kier alpha value is -1.37. The van der Waals surface area contributed by atoms with Crippen LogP contribution in [0.4, 0.5) is 0 Å². The standard InChI is InChI=1S/C15H17ClO3/c16-8-1-9-18-14-4-6-15(7-5-14)19-11-10-17-12-13-2-3-13/h4-7,13H,2-3,8,10-12H2. The molecule has 4 heteroatoms. The topological polar surface area (TPSA) is 27.7 Å². The second-order valence-electron chi connectivity index (χ2n) is 4.35. The molecule has 1 fully saturated rings. The third kappa shape index (κ3) is 5.87. The second kappa shape index (κ2) is 7.93. The summed E-state index contributed by atoms with van der Waals surface area (Å²) in [6.45, 7) is 2.07. The second-order valence-corrected chi connectivity index (χ2v) is 4.62. The highest BCUT2D eigenvalue weighted by Gasteiger charge is 2.20. The van der Waals surface area contributed by atoms with Crippen LogP contribution in [0.25, 0.3) is 0 Å². The van der Waals surface area contributed by atoms with Crippen LogP contribution in [-0.4, -0.2) is 25.7 Å². The molecule has 2 rings (SSSR count). The van der Waals surface area contributed by atoms with Gasteiger partial charge in [-0.3, -0.25) is 0 Å². The molecule has 1 saturated carbocycles. The van der Waals surface area contributed by atoms with Gasteiger partial charge in [0.05, 0.1) is 12.5 Å². The Morgan fingerprint density at radius 3 is 2.53 bits per heavy atom. The van der Waals surface area contributed by atoms with Gasteiger partial charge in [0.2, 0.25) is 0 Å². The average Bonchev–Trinajstić information content (AvgIpc) is 3.25. The van der Waals surface area contributed by atoms with Gasteiger partial charge in [-0.25, -0.2) is 0 Å². The molecule has 0 N–H and O–H groups in total. The van der Waals surface area contributed by atoms with Gasteiger partial charge in [-0.05, 0) is 48.9 Å². The molecule has 102 valence electrons. The quantitative estimate of drug-likeness (QED) is 0.436. The van der Waals surface area contributed by atoms with Gasteiger partial charge in [-0.15, -0.1) is 11.6 Å². The Morgan fingerprint density at radius 1 is 1.11 bits per heavy atom. The summed E-state index contributed by atoms with van der Waals surface area (Å²) >= 11 is 5.41. The third-order valence-corrected chi connectivity index (χ3v) is 2.81. The lowest BCUT2D eigenvalue weighted by Crippen LogP contribution is -2.08. The van der Waals surface area contributed by atoms with E-state index >= 15 is 0 Å². The van der Waals surface area contributed by atoms with Gasteiger partial charge in [0.25, 0.3) is 0 Å². The summed E-state index contributed by atoms with van der Waals surface area (Å²) in [5.74, 6) is 5.16. The Kier molecular flexibility index (Phi) is 5.87. The van der Waals surface area contributed by atoms with Gasteiger partial charge < -0.3 is 14.2 Å². The summed E-state index contributed by atoms with van der Waals surface area (Å²) in [5.41, 5.74) is 0. The van der Waals surface area contributed by atoms with Crippen LogP contribution in [0.2, 0.25) is 0 Å². The molecular formula is C15H17ClO3. The van der Waals surface area contributed by atoms with Crippen molar-refractivity contribution in [3.63, 3.8) is 0 Å². The molecule has 0 bridgehead atoms. The number of hydrogen-bond donors (Lipinski definition) is 0. The fourth-order valence-electron chi connectivity index (χ4n) is 1.48. The average molecular weight is 281 g/mol. The highest BCUT2D eigenvalue weighted by atomic mass is 35.5. The lowest BCUT2D eigenvalue weighted by molar-refractivity contribution is 0.0927. The first kappa shape index (κ1) is 14.0. The van der Waals surface area contributed by atoms with Gasteiger partial charge in [-0.1, -0.05) is 0 Å². The van der Waals surface area contributed by atoms with Crippen LogP contribution >= 0.6 is 11.6 Å². The SMILES string of the molecule is ClCC#COc1ccc(OCCOCC2CC2)cc1. The van der Waals surface area contributed by atoms with Crippen molar-refractivity contribution >= 4 is 11.6 Å². The van der Waals surface area contributed by atoms with Crippen molar-refractivity contribution in [3.05, 3.63) is 24.3 Å². The summed E-state index contributed by atoms with van der Waals surface area (Å²) in [4.78, 5) is 0. The maximum Gasteiger partial charge on any atom is 0.140 e. The molecule has 0 atom stereocenters. The van der Waals surface area contributed by atoms with Crippen LogP contribution in [-0.2, 0) is 4.74 Å². The maximum absolute atomic E-state index is 5.55. The van der Waals surface area contributed by atoms with E-state index in [9.17, 15) is 0 Å². The van der Waals surface area contributed by atoms with Crippen molar-refractivity contribution in [3.8, 4) is 23.5 Å². The van der Waals surface area contributed by atoms with Crippen molar-refractivity contribution < 1.29 is 14.2 Å². The summed E-state index contributed by atoms with van der Waals surface area (Å²) in [7, 11) is 0. The lowest BCUT2D eigenvalue weighted by Gasteiger charge is -2.07. The number of rotatable bonds is 7. The molecule has 1 aromatic carbocycles. The van der Waals surface area contributed by atoms with E-state index in [-0.39, 0.29) is 5.88 Å². The summed E-state index contributed by atoms with van der Waals surface area (Å²) in [6.07, 6.45) is 5.13. The molecular weight excluding hydrogens is 264 g/mol.